The van der Waals surface area contributed by atoms with Crippen molar-refractivity contribution in [1.29, 1.82) is 5.26 Å². The van der Waals surface area contributed by atoms with Crippen molar-refractivity contribution in [1.82, 2.24) is 19.8 Å². The zero-order valence-electron chi connectivity index (χ0n) is 14.5. The number of nitrogens with one attached hydrogen (secondary N) is 1. The van der Waals surface area contributed by atoms with Gasteiger partial charge in [-0.3, -0.25) is 9.69 Å². The molecule has 1 saturated heterocycles. The average Bonchev–Trinajstić information content (AvgIpc) is 2.63. The summed E-state index contributed by atoms with van der Waals surface area (Å²) in [6.07, 6.45) is 1.85. The summed E-state index contributed by atoms with van der Waals surface area (Å²) in [7, 11) is 2.14. The molecule has 3 rings (SSSR count). The van der Waals surface area contributed by atoms with Crippen LogP contribution in [-0.4, -0.2) is 59.3 Å². The first kappa shape index (κ1) is 17.7. The molecule has 130 valence electrons. The van der Waals surface area contributed by atoms with E-state index in [0.717, 1.165) is 38.3 Å². The first-order valence-electron chi connectivity index (χ1n) is 8.19. The molecule has 0 amide bonds. The number of hydrogen-bond donors (Lipinski definition) is 1. The monoisotopic (exact) mass is 355 g/mol. The van der Waals surface area contributed by atoms with Crippen molar-refractivity contribution in [2.45, 2.75) is 11.7 Å². The van der Waals surface area contributed by atoms with Gasteiger partial charge in [0.05, 0.1) is 5.69 Å². The van der Waals surface area contributed by atoms with E-state index < -0.39 is 0 Å². The van der Waals surface area contributed by atoms with Gasteiger partial charge in [0.2, 0.25) is 0 Å². The van der Waals surface area contributed by atoms with Gasteiger partial charge in [-0.05, 0) is 24.9 Å². The van der Waals surface area contributed by atoms with Crippen molar-refractivity contribution >= 4 is 11.8 Å². The van der Waals surface area contributed by atoms with E-state index in [1.165, 1.54) is 17.3 Å². The first-order chi connectivity index (χ1) is 12.1. The number of rotatable bonds is 4. The van der Waals surface area contributed by atoms with Crippen molar-refractivity contribution in [3.8, 4) is 17.3 Å². The maximum atomic E-state index is 12.1. The molecule has 1 fully saturated rings. The Morgan fingerprint density at radius 2 is 2.08 bits per heavy atom. The van der Waals surface area contributed by atoms with Crippen LogP contribution < -0.4 is 5.56 Å². The summed E-state index contributed by atoms with van der Waals surface area (Å²) in [5, 5.41) is 9.87. The highest BCUT2D eigenvalue weighted by Gasteiger charge is 2.16. The Labute approximate surface area is 151 Å². The smallest absolute Gasteiger partial charge is 0.270 e. The van der Waals surface area contributed by atoms with Crippen LogP contribution >= 0.6 is 11.8 Å². The van der Waals surface area contributed by atoms with Crippen molar-refractivity contribution in [3.05, 3.63) is 45.7 Å². The highest BCUT2D eigenvalue weighted by Crippen LogP contribution is 2.23. The second kappa shape index (κ2) is 7.83. The third-order valence-corrected chi connectivity index (χ3v) is 4.99. The van der Waals surface area contributed by atoms with Crippen LogP contribution in [0.4, 0.5) is 0 Å². The minimum atomic E-state index is -0.388. The van der Waals surface area contributed by atoms with E-state index >= 15 is 0 Å². The lowest BCUT2D eigenvalue weighted by Gasteiger charge is -2.32. The topological polar surface area (TPSA) is 76.0 Å². The molecule has 2 heterocycles. The van der Waals surface area contributed by atoms with Crippen molar-refractivity contribution < 1.29 is 0 Å². The third-order valence-electron chi connectivity index (χ3n) is 4.41. The Hall–Kier alpha value is -2.14. The fourth-order valence-electron chi connectivity index (χ4n) is 2.94. The van der Waals surface area contributed by atoms with Crippen molar-refractivity contribution in [2.24, 2.45) is 0 Å². The standard InChI is InChI=1S/C18H21N5OS/c1-22-6-8-23(9-7-22)12-13-4-3-5-14(10-13)16-15(11-19)17(24)21-18(20-16)25-2/h3-5,10H,6-9,12H2,1-2H3,(H,20,21,24). The van der Waals surface area contributed by atoms with Gasteiger partial charge in [-0.25, -0.2) is 4.98 Å². The number of nitriles is 1. The number of aromatic nitrogens is 2. The lowest BCUT2D eigenvalue weighted by atomic mass is 10.0. The lowest BCUT2D eigenvalue weighted by Crippen LogP contribution is -2.43. The zero-order valence-corrected chi connectivity index (χ0v) is 15.3. The molecule has 0 saturated carbocycles. The highest BCUT2D eigenvalue weighted by atomic mass is 32.2. The van der Waals surface area contributed by atoms with Crippen LogP contribution in [0.15, 0.2) is 34.2 Å². The fraction of sp³-hybridized carbons (Fsp3) is 0.389. The highest BCUT2D eigenvalue weighted by molar-refractivity contribution is 7.98. The molecule has 1 aliphatic heterocycles. The van der Waals surface area contributed by atoms with E-state index in [0.29, 0.717) is 10.9 Å². The van der Waals surface area contributed by atoms with E-state index in [1.54, 1.807) is 0 Å². The predicted octanol–water partition coefficient (Wildman–Crippen LogP) is 1.78. The SMILES string of the molecule is CSc1nc(-c2cccc(CN3CCN(C)CC3)c2)c(C#N)c(=O)[nH]1. The number of aromatic amines is 1. The van der Waals surface area contributed by atoms with Crippen LogP contribution in [0, 0.1) is 11.3 Å². The minimum Gasteiger partial charge on any atom is -0.304 e. The molecular formula is C18H21N5OS. The second-order valence-electron chi connectivity index (χ2n) is 6.19. The van der Waals surface area contributed by atoms with E-state index in [1.807, 2.05) is 30.5 Å². The molecule has 1 N–H and O–H groups in total. The van der Waals surface area contributed by atoms with Crippen LogP contribution in [0.25, 0.3) is 11.3 Å². The van der Waals surface area contributed by atoms with Gasteiger partial charge in [0.25, 0.3) is 5.56 Å². The molecule has 1 aromatic carbocycles. The predicted molar refractivity (Wildman–Crippen MR) is 99.6 cm³/mol. The van der Waals surface area contributed by atoms with Gasteiger partial charge in [-0.2, -0.15) is 5.26 Å². The largest absolute Gasteiger partial charge is 0.304 e. The fourth-order valence-corrected chi connectivity index (χ4v) is 3.32. The molecule has 0 aliphatic carbocycles. The number of H-pyrrole nitrogens is 1. The lowest BCUT2D eigenvalue weighted by molar-refractivity contribution is 0.148. The Morgan fingerprint density at radius 1 is 1.32 bits per heavy atom. The molecule has 1 aromatic heterocycles. The summed E-state index contributed by atoms with van der Waals surface area (Å²) < 4.78 is 0. The molecule has 7 heteroatoms. The van der Waals surface area contributed by atoms with E-state index in [9.17, 15) is 10.1 Å². The summed E-state index contributed by atoms with van der Waals surface area (Å²) in [5.41, 5.74) is 2.11. The summed E-state index contributed by atoms with van der Waals surface area (Å²) >= 11 is 1.35. The normalized spacial score (nSPS) is 15.9. The maximum absolute atomic E-state index is 12.1. The van der Waals surface area contributed by atoms with Crippen molar-refractivity contribution in [2.75, 3.05) is 39.5 Å². The van der Waals surface area contributed by atoms with E-state index in [-0.39, 0.29) is 11.1 Å². The van der Waals surface area contributed by atoms with E-state index in [4.69, 9.17) is 0 Å². The average molecular weight is 355 g/mol. The Balaban J connectivity index is 1.90. The molecule has 25 heavy (non-hydrogen) atoms. The van der Waals surface area contributed by atoms with Gasteiger partial charge in [0.15, 0.2) is 5.16 Å². The Bertz CT molecular complexity index is 849. The number of likely N-dealkylation sites (N-methyl/N-ethyl adjacent to an activating group) is 1. The maximum Gasteiger partial charge on any atom is 0.270 e. The number of benzene rings is 1. The molecule has 0 spiro atoms. The number of hydrogen-bond acceptors (Lipinski definition) is 6. The van der Waals surface area contributed by atoms with Crippen LogP contribution in [0.3, 0.4) is 0 Å². The third kappa shape index (κ3) is 4.10. The van der Waals surface area contributed by atoms with Gasteiger partial charge >= 0.3 is 0 Å². The quantitative estimate of drug-likeness (QED) is 0.665. The van der Waals surface area contributed by atoms with Gasteiger partial charge in [0.1, 0.15) is 11.6 Å². The summed E-state index contributed by atoms with van der Waals surface area (Å²) in [5.74, 6) is 0. The van der Waals surface area contributed by atoms with Crippen LogP contribution in [0.5, 0.6) is 0 Å². The molecule has 2 aromatic rings. The van der Waals surface area contributed by atoms with Gasteiger partial charge in [-0.1, -0.05) is 30.0 Å². The molecule has 6 nitrogen and oxygen atoms in total. The molecule has 0 radical (unpaired) electrons. The summed E-state index contributed by atoms with van der Waals surface area (Å²) in [4.78, 5) is 23.9. The molecule has 0 unspecified atom stereocenters. The van der Waals surface area contributed by atoms with Crippen LogP contribution in [0.1, 0.15) is 11.1 Å². The zero-order chi connectivity index (χ0) is 17.8. The minimum absolute atomic E-state index is 0.0644. The van der Waals surface area contributed by atoms with Crippen LogP contribution in [-0.2, 0) is 6.54 Å². The van der Waals surface area contributed by atoms with E-state index in [2.05, 4.69) is 32.9 Å². The molecule has 0 atom stereocenters. The Kier molecular flexibility index (Phi) is 5.53. The number of piperazine rings is 1. The van der Waals surface area contributed by atoms with Gasteiger partial charge in [0, 0.05) is 38.3 Å². The molecule has 1 aliphatic rings. The Morgan fingerprint density at radius 3 is 2.76 bits per heavy atom. The summed E-state index contributed by atoms with van der Waals surface area (Å²) in [6, 6.07) is 9.97. The molecule has 0 bridgehead atoms. The number of nitrogens with zero attached hydrogens (tertiary/aromatic N) is 4. The second-order valence-corrected chi connectivity index (χ2v) is 6.99. The van der Waals surface area contributed by atoms with Crippen LogP contribution in [0.2, 0.25) is 0 Å². The van der Waals surface area contributed by atoms with Gasteiger partial charge in [-0.15, -0.1) is 0 Å². The van der Waals surface area contributed by atoms with Crippen molar-refractivity contribution in [3.63, 3.8) is 0 Å². The molecular weight excluding hydrogens is 334 g/mol. The summed E-state index contributed by atoms with van der Waals surface area (Å²) in [6.45, 7) is 5.10. The first-order valence-corrected chi connectivity index (χ1v) is 9.42. The number of thioether (sulfide) groups is 1. The van der Waals surface area contributed by atoms with Gasteiger partial charge < -0.3 is 9.88 Å².